The van der Waals surface area contributed by atoms with Crippen molar-refractivity contribution in [2.75, 3.05) is 0 Å². The molecule has 3 nitrogen and oxygen atoms in total. The molecule has 0 spiro atoms. The summed E-state index contributed by atoms with van der Waals surface area (Å²) >= 11 is 0. The van der Waals surface area contributed by atoms with Crippen LogP contribution in [0.15, 0.2) is 41.8 Å². The van der Waals surface area contributed by atoms with Gasteiger partial charge >= 0.3 is 0 Å². The highest BCUT2D eigenvalue weighted by Crippen LogP contribution is 2.09. The van der Waals surface area contributed by atoms with Crippen LogP contribution in [0.2, 0.25) is 0 Å². The highest BCUT2D eigenvalue weighted by Gasteiger charge is 2.10. The lowest BCUT2D eigenvalue weighted by molar-refractivity contribution is 0.446. The van der Waals surface area contributed by atoms with Gasteiger partial charge in [0.2, 0.25) is 5.90 Å². The van der Waals surface area contributed by atoms with Crippen LogP contribution in [-0.2, 0) is 4.74 Å². The minimum Gasteiger partial charge on any atom is -0.443 e. The zero-order valence-corrected chi connectivity index (χ0v) is 6.70. The molecule has 0 aromatic heterocycles. The van der Waals surface area contributed by atoms with Gasteiger partial charge in [0.05, 0.1) is 11.8 Å². The molecule has 1 N–H and O–H groups in total. The zero-order valence-electron chi connectivity index (χ0n) is 6.70. The summed E-state index contributed by atoms with van der Waals surface area (Å²) in [5.41, 5.74) is 2.92. The number of hydrogen-bond acceptors (Lipinski definition) is 3. The van der Waals surface area contributed by atoms with Gasteiger partial charge in [0, 0.05) is 0 Å². The van der Waals surface area contributed by atoms with Crippen molar-refractivity contribution in [3.63, 3.8) is 0 Å². The number of hydrogen-bond donors (Lipinski definition) is 1. The van der Waals surface area contributed by atoms with Crippen molar-refractivity contribution in [1.82, 2.24) is 5.43 Å². The van der Waals surface area contributed by atoms with Crippen LogP contribution in [0, 0.1) is 5.82 Å². The average Bonchev–Trinajstić information content (AvgIpc) is 2.20. The third-order valence-corrected chi connectivity index (χ3v) is 1.59. The molecule has 0 fully saturated rings. The largest absolute Gasteiger partial charge is 0.443 e. The molecule has 66 valence electrons. The molecule has 0 radical (unpaired) electrons. The topological polar surface area (TPSA) is 33.6 Å². The van der Waals surface area contributed by atoms with Gasteiger partial charge in [-0.3, -0.25) is 5.43 Å². The summed E-state index contributed by atoms with van der Waals surface area (Å²) in [4.78, 5) is 0. The van der Waals surface area contributed by atoms with Gasteiger partial charge in [0.15, 0.2) is 0 Å². The summed E-state index contributed by atoms with van der Waals surface area (Å²) in [6.07, 6.45) is 2.93. The van der Waals surface area contributed by atoms with Crippen LogP contribution in [0.1, 0.15) is 5.56 Å². The third kappa shape index (κ3) is 1.51. The van der Waals surface area contributed by atoms with Crippen molar-refractivity contribution >= 4 is 5.90 Å². The Bertz CT molecular complexity index is 374. The zero-order chi connectivity index (χ0) is 9.10. The summed E-state index contributed by atoms with van der Waals surface area (Å²) < 4.78 is 18.2. The second-order valence-electron chi connectivity index (χ2n) is 2.45. The molecule has 0 saturated carbocycles. The highest BCUT2D eigenvalue weighted by atomic mass is 19.1. The van der Waals surface area contributed by atoms with Crippen molar-refractivity contribution in [2.24, 2.45) is 5.10 Å². The fourth-order valence-corrected chi connectivity index (χ4v) is 1.01. The number of ether oxygens (including phenoxy) is 1. The molecule has 1 aliphatic heterocycles. The van der Waals surface area contributed by atoms with E-state index in [1.54, 1.807) is 18.2 Å². The molecule has 2 rings (SSSR count). The second kappa shape index (κ2) is 3.26. The molecule has 0 amide bonds. The number of benzene rings is 1. The summed E-state index contributed by atoms with van der Waals surface area (Å²) in [6, 6.07) is 6.31. The maximum absolute atomic E-state index is 13.2. The average molecular weight is 178 g/mol. The molecule has 0 bridgehead atoms. The minimum atomic E-state index is -0.349. The fraction of sp³-hybridized carbons (Fsp3) is 0. The van der Waals surface area contributed by atoms with Gasteiger partial charge in [-0.15, -0.1) is 5.10 Å². The van der Waals surface area contributed by atoms with E-state index >= 15 is 0 Å². The van der Waals surface area contributed by atoms with Gasteiger partial charge < -0.3 is 4.74 Å². The first-order valence-electron chi connectivity index (χ1n) is 3.78. The van der Waals surface area contributed by atoms with Gasteiger partial charge in [0.1, 0.15) is 12.1 Å². The van der Waals surface area contributed by atoms with E-state index < -0.39 is 0 Å². The van der Waals surface area contributed by atoms with E-state index in [-0.39, 0.29) is 11.7 Å². The van der Waals surface area contributed by atoms with Crippen LogP contribution in [-0.4, -0.2) is 5.90 Å². The Morgan fingerprint density at radius 1 is 1.31 bits per heavy atom. The summed E-state index contributed by atoms with van der Waals surface area (Å²) in [6.45, 7) is 0. The Hall–Kier alpha value is -1.84. The molecule has 0 saturated heterocycles. The Morgan fingerprint density at radius 2 is 2.15 bits per heavy atom. The van der Waals surface area contributed by atoms with Crippen LogP contribution in [0.25, 0.3) is 0 Å². The highest BCUT2D eigenvalue weighted by molar-refractivity contribution is 5.94. The molecule has 4 heteroatoms. The Kier molecular flexibility index (Phi) is 1.96. The van der Waals surface area contributed by atoms with Crippen molar-refractivity contribution in [2.45, 2.75) is 0 Å². The maximum atomic E-state index is 13.2. The first-order valence-corrected chi connectivity index (χ1v) is 3.78. The van der Waals surface area contributed by atoms with E-state index in [4.69, 9.17) is 4.74 Å². The van der Waals surface area contributed by atoms with Gasteiger partial charge in [-0.25, -0.2) is 4.39 Å². The molecule has 1 aliphatic rings. The number of nitrogens with one attached hydrogen (secondary N) is 1. The monoisotopic (exact) mass is 178 g/mol. The third-order valence-electron chi connectivity index (χ3n) is 1.59. The van der Waals surface area contributed by atoms with E-state index in [1.807, 2.05) is 0 Å². The van der Waals surface area contributed by atoms with Gasteiger partial charge in [0.25, 0.3) is 0 Å². The molecular weight excluding hydrogens is 171 g/mol. The SMILES string of the molecule is Fc1ccccc1C1=NNC=CO1. The molecule has 13 heavy (non-hydrogen) atoms. The van der Waals surface area contributed by atoms with Crippen molar-refractivity contribution in [3.8, 4) is 0 Å². The van der Waals surface area contributed by atoms with Crippen molar-refractivity contribution < 1.29 is 9.13 Å². The lowest BCUT2D eigenvalue weighted by Crippen LogP contribution is -2.14. The van der Waals surface area contributed by atoms with Crippen LogP contribution in [0.4, 0.5) is 4.39 Å². The Labute approximate surface area is 74.5 Å². The lowest BCUT2D eigenvalue weighted by atomic mass is 10.2. The number of nitrogens with zero attached hydrogens (tertiary/aromatic N) is 1. The van der Waals surface area contributed by atoms with Gasteiger partial charge in [-0.1, -0.05) is 12.1 Å². The first-order chi connectivity index (χ1) is 6.38. The molecule has 1 aromatic rings. The van der Waals surface area contributed by atoms with Crippen LogP contribution < -0.4 is 5.43 Å². The predicted molar refractivity (Wildman–Crippen MR) is 46.3 cm³/mol. The quantitative estimate of drug-likeness (QED) is 0.708. The van der Waals surface area contributed by atoms with E-state index in [2.05, 4.69) is 10.5 Å². The van der Waals surface area contributed by atoms with Crippen LogP contribution in [0.3, 0.4) is 0 Å². The second-order valence-corrected chi connectivity index (χ2v) is 2.45. The summed E-state index contributed by atoms with van der Waals surface area (Å²) in [7, 11) is 0. The first kappa shape index (κ1) is 7.79. The number of hydrazone groups is 1. The lowest BCUT2D eigenvalue weighted by Gasteiger charge is -2.09. The molecule has 1 aromatic carbocycles. The molecule has 0 unspecified atom stereocenters. The maximum Gasteiger partial charge on any atom is 0.246 e. The van der Waals surface area contributed by atoms with E-state index in [0.29, 0.717) is 5.56 Å². The van der Waals surface area contributed by atoms with Crippen LogP contribution >= 0.6 is 0 Å². The standard InChI is InChI=1S/C9H7FN2O/c10-8-4-2-1-3-7(8)9-12-11-5-6-13-9/h1-6,11H. The van der Waals surface area contributed by atoms with Gasteiger partial charge in [-0.2, -0.15) is 0 Å². The molecule has 0 aliphatic carbocycles. The summed E-state index contributed by atoms with van der Waals surface area (Å²) in [5, 5.41) is 3.78. The Balaban J connectivity index is 2.35. The number of rotatable bonds is 1. The smallest absolute Gasteiger partial charge is 0.246 e. The summed E-state index contributed by atoms with van der Waals surface area (Å²) in [5.74, 6) is -0.112. The normalized spacial score (nSPS) is 14.4. The molecule has 1 heterocycles. The fourth-order valence-electron chi connectivity index (χ4n) is 1.01. The van der Waals surface area contributed by atoms with E-state index in [1.165, 1.54) is 18.5 Å². The van der Waals surface area contributed by atoms with Crippen molar-refractivity contribution in [3.05, 3.63) is 48.1 Å². The minimum absolute atomic E-state index is 0.237. The van der Waals surface area contributed by atoms with E-state index in [0.717, 1.165) is 0 Å². The van der Waals surface area contributed by atoms with Gasteiger partial charge in [-0.05, 0) is 12.1 Å². The van der Waals surface area contributed by atoms with E-state index in [9.17, 15) is 4.39 Å². The Morgan fingerprint density at radius 3 is 2.85 bits per heavy atom. The van der Waals surface area contributed by atoms with Crippen molar-refractivity contribution in [1.29, 1.82) is 0 Å². The molecular formula is C9H7FN2O. The molecule has 0 atom stereocenters. The predicted octanol–water partition coefficient (Wildman–Crippen LogP) is 1.58. The number of halogens is 1. The van der Waals surface area contributed by atoms with Crippen LogP contribution in [0.5, 0.6) is 0 Å².